The number of halogens is 3. The Hall–Kier alpha value is -2.51. The Morgan fingerprint density at radius 3 is 2.47 bits per heavy atom. The maximum atomic E-state index is 13.7. The van der Waals surface area contributed by atoms with Crippen molar-refractivity contribution in [3.05, 3.63) is 41.2 Å². The molecule has 162 valence electrons. The third-order valence-corrected chi connectivity index (χ3v) is 6.45. The van der Waals surface area contributed by atoms with Crippen LogP contribution in [0.4, 0.5) is 18.0 Å². The highest BCUT2D eigenvalue weighted by atomic mass is 19.2. The molecule has 0 radical (unpaired) electrons. The van der Waals surface area contributed by atoms with Crippen molar-refractivity contribution >= 4 is 18.1 Å². The minimum Gasteiger partial charge on any atom is -0.441 e. The highest BCUT2D eigenvalue weighted by Crippen LogP contribution is 2.38. The number of hydrogen-bond donors (Lipinski definition) is 0. The second kappa shape index (κ2) is 8.32. The van der Waals surface area contributed by atoms with E-state index in [0.29, 0.717) is 32.5 Å². The highest BCUT2D eigenvalue weighted by molar-refractivity contribution is 5.91. The van der Waals surface area contributed by atoms with Gasteiger partial charge in [0, 0.05) is 30.8 Å². The molecule has 8 heteroatoms. The number of rotatable bonds is 3. The molecule has 0 N–H and O–H groups in total. The van der Waals surface area contributed by atoms with Gasteiger partial charge in [0.25, 0.3) is 0 Å². The molecule has 3 aliphatic rings. The molecule has 5 nitrogen and oxygen atoms in total. The number of benzene rings is 1. The predicted octanol–water partition coefficient (Wildman–Crippen LogP) is 4.26. The monoisotopic (exact) mass is 422 g/mol. The molecule has 2 aliphatic heterocycles. The van der Waals surface area contributed by atoms with Gasteiger partial charge in [-0.25, -0.2) is 18.0 Å². The van der Waals surface area contributed by atoms with Crippen molar-refractivity contribution < 1.29 is 27.5 Å². The van der Waals surface area contributed by atoms with E-state index in [1.54, 1.807) is 4.90 Å². The topological polar surface area (TPSA) is 49.9 Å². The van der Waals surface area contributed by atoms with Crippen molar-refractivity contribution in [2.45, 2.75) is 56.6 Å². The van der Waals surface area contributed by atoms with Gasteiger partial charge >= 0.3 is 6.09 Å². The SMILES string of the molecule is O=C(/C=C/c1ccc(F)c(F)c1F)N1CCC(N2CC3(CCCCC3)OC2=O)CC1. The quantitative estimate of drug-likeness (QED) is 0.540. The summed E-state index contributed by atoms with van der Waals surface area (Å²) in [4.78, 5) is 28.3. The molecule has 0 unspecified atom stereocenters. The van der Waals surface area contributed by atoms with E-state index in [4.69, 9.17) is 4.74 Å². The zero-order chi connectivity index (χ0) is 21.3. The minimum absolute atomic E-state index is 0.0375. The van der Waals surface area contributed by atoms with Crippen LogP contribution in [0.2, 0.25) is 0 Å². The lowest BCUT2D eigenvalue weighted by atomic mass is 9.84. The van der Waals surface area contributed by atoms with Crippen LogP contribution in [0.25, 0.3) is 6.08 Å². The van der Waals surface area contributed by atoms with E-state index in [-0.39, 0.29) is 29.2 Å². The Bertz CT molecular complexity index is 859. The van der Waals surface area contributed by atoms with Crippen LogP contribution in [0.15, 0.2) is 18.2 Å². The number of carbonyl (C=O) groups is 2. The third kappa shape index (κ3) is 4.04. The number of piperidine rings is 1. The third-order valence-electron chi connectivity index (χ3n) is 6.45. The second-order valence-corrected chi connectivity index (χ2v) is 8.39. The molecular formula is C22H25F3N2O3. The average Bonchev–Trinajstić information content (AvgIpc) is 3.07. The fourth-order valence-corrected chi connectivity index (χ4v) is 4.72. The molecule has 0 aromatic heterocycles. The Morgan fingerprint density at radius 2 is 1.77 bits per heavy atom. The highest BCUT2D eigenvalue weighted by Gasteiger charge is 2.48. The lowest BCUT2D eigenvalue weighted by molar-refractivity contribution is -0.127. The first-order chi connectivity index (χ1) is 14.4. The van der Waals surface area contributed by atoms with Gasteiger partial charge in [-0.3, -0.25) is 4.79 Å². The molecule has 2 saturated heterocycles. The van der Waals surface area contributed by atoms with Crippen molar-refractivity contribution in [2.75, 3.05) is 19.6 Å². The smallest absolute Gasteiger partial charge is 0.410 e. The molecule has 1 aromatic rings. The first kappa shape index (κ1) is 20.8. The zero-order valence-electron chi connectivity index (χ0n) is 16.7. The van der Waals surface area contributed by atoms with Crippen LogP contribution in [-0.4, -0.2) is 53.1 Å². The summed E-state index contributed by atoms with van der Waals surface area (Å²) in [5.41, 5.74) is -0.519. The molecule has 0 bridgehead atoms. The molecule has 4 rings (SSSR count). The van der Waals surface area contributed by atoms with E-state index in [0.717, 1.165) is 50.0 Å². The first-order valence-electron chi connectivity index (χ1n) is 10.5. The molecule has 2 amide bonds. The van der Waals surface area contributed by atoms with Gasteiger partial charge in [0.05, 0.1) is 6.54 Å². The Morgan fingerprint density at radius 1 is 1.07 bits per heavy atom. The van der Waals surface area contributed by atoms with Gasteiger partial charge in [0.1, 0.15) is 5.60 Å². The van der Waals surface area contributed by atoms with Gasteiger partial charge < -0.3 is 14.5 Å². The van der Waals surface area contributed by atoms with Crippen LogP contribution in [0.1, 0.15) is 50.5 Å². The number of hydrogen-bond acceptors (Lipinski definition) is 3. The first-order valence-corrected chi connectivity index (χ1v) is 10.5. The van der Waals surface area contributed by atoms with Gasteiger partial charge in [0.2, 0.25) is 5.91 Å². The molecule has 1 saturated carbocycles. The van der Waals surface area contributed by atoms with Crippen LogP contribution < -0.4 is 0 Å². The van der Waals surface area contributed by atoms with Gasteiger partial charge in [-0.15, -0.1) is 0 Å². The predicted molar refractivity (Wildman–Crippen MR) is 104 cm³/mol. The van der Waals surface area contributed by atoms with Crippen LogP contribution in [-0.2, 0) is 9.53 Å². The van der Waals surface area contributed by atoms with Crippen molar-refractivity contribution in [1.82, 2.24) is 9.80 Å². The summed E-state index contributed by atoms with van der Waals surface area (Å²) in [6, 6.07) is 1.95. The van der Waals surface area contributed by atoms with Crippen molar-refractivity contribution in [1.29, 1.82) is 0 Å². The number of likely N-dealkylation sites (tertiary alicyclic amines) is 1. The standard InChI is InChI=1S/C22H25F3N2O3/c23-17-6-4-15(19(24)20(17)25)5-7-18(28)26-12-8-16(9-13-26)27-14-22(30-21(27)29)10-2-1-3-11-22/h4-7,16H,1-3,8-14H2/b7-5+. The summed E-state index contributed by atoms with van der Waals surface area (Å²) in [6.45, 7) is 1.55. The maximum absolute atomic E-state index is 13.7. The minimum atomic E-state index is -1.56. The fourth-order valence-electron chi connectivity index (χ4n) is 4.72. The molecule has 3 fully saturated rings. The number of amides is 2. The molecule has 2 heterocycles. The summed E-state index contributed by atoms with van der Waals surface area (Å²) in [5, 5.41) is 0. The van der Waals surface area contributed by atoms with Crippen molar-refractivity contribution in [2.24, 2.45) is 0 Å². The number of nitrogens with zero attached hydrogens (tertiary/aromatic N) is 2. The lowest BCUT2D eigenvalue weighted by Gasteiger charge is -2.36. The summed E-state index contributed by atoms with van der Waals surface area (Å²) >= 11 is 0. The maximum Gasteiger partial charge on any atom is 0.410 e. The summed E-state index contributed by atoms with van der Waals surface area (Å²) < 4.78 is 45.8. The second-order valence-electron chi connectivity index (χ2n) is 8.39. The Balaban J connectivity index is 1.33. The normalized spacial score (nSPS) is 22.2. The van der Waals surface area contributed by atoms with E-state index in [1.807, 2.05) is 4.90 Å². The number of carbonyl (C=O) groups excluding carboxylic acids is 2. The average molecular weight is 422 g/mol. The van der Waals surface area contributed by atoms with E-state index in [9.17, 15) is 22.8 Å². The summed E-state index contributed by atoms with van der Waals surface area (Å²) in [5.74, 6) is -4.47. The van der Waals surface area contributed by atoms with Crippen molar-refractivity contribution in [3.63, 3.8) is 0 Å². The van der Waals surface area contributed by atoms with Crippen LogP contribution in [0.5, 0.6) is 0 Å². The summed E-state index contributed by atoms with van der Waals surface area (Å²) in [7, 11) is 0. The Labute approximate surface area is 173 Å². The van der Waals surface area contributed by atoms with Crippen molar-refractivity contribution in [3.8, 4) is 0 Å². The molecule has 0 atom stereocenters. The van der Waals surface area contributed by atoms with Gasteiger partial charge in [-0.1, -0.05) is 6.42 Å². The zero-order valence-corrected chi connectivity index (χ0v) is 16.7. The molecule has 1 aliphatic carbocycles. The molecule has 1 spiro atoms. The van der Waals surface area contributed by atoms with Gasteiger partial charge in [-0.05, 0) is 56.7 Å². The number of ether oxygens (including phenoxy) is 1. The van der Waals surface area contributed by atoms with Crippen LogP contribution in [0, 0.1) is 17.5 Å². The van der Waals surface area contributed by atoms with Crippen LogP contribution in [0.3, 0.4) is 0 Å². The van der Waals surface area contributed by atoms with Gasteiger partial charge in [-0.2, -0.15) is 0 Å². The summed E-state index contributed by atoms with van der Waals surface area (Å²) in [6.07, 6.45) is 8.52. The van der Waals surface area contributed by atoms with Crippen LogP contribution >= 0.6 is 0 Å². The molecule has 30 heavy (non-hydrogen) atoms. The lowest BCUT2D eigenvalue weighted by Crippen LogP contribution is -2.47. The van der Waals surface area contributed by atoms with E-state index in [1.165, 1.54) is 6.42 Å². The Kier molecular flexibility index (Phi) is 5.75. The fraction of sp³-hybridized carbons (Fsp3) is 0.545. The molecular weight excluding hydrogens is 397 g/mol. The van der Waals surface area contributed by atoms with E-state index in [2.05, 4.69) is 0 Å². The largest absolute Gasteiger partial charge is 0.441 e. The van der Waals surface area contributed by atoms with E-state index >= 15 is 0 Å². The van der Waals surface area contributed by atoms with Gasteiger partial charge in [0.15, 0.2) is 17.5 Å². The van der Waals surface area contributed by atoms with E-state index < -0.39 is 17.5 Å². The molecule has 1 aromatic carbocycles.